The Hall–Kier alpha value is -0.450. The minimum atomic E-state index is -0.625. The quantitative estimate of drug-likeness (QED) is 0.644. The maximum absolute atomic E-state index is 11.0. The molecule has 0 unspecified atom stereocenters. The van der Waals surface area contributed by atoms with Crippen LogP contribution in [0.1, 0.15) is 26.2 Å². The first kappa shape index (κ1) is 10.6. The highest BCUT2D eigenvalue weighted by molar-refractivity contribution is 5.78. The van der Waals surface area contributed by atoms with Crippen LogP contribution < -0.4 is 0 Å². The zero-order valence-corrected chi connectivity index (χ0v) is 7.77. The number of rotatable bonds is 4. The number of aliphatic hydroxyl groups excluding tert-OH is 2. The fraction of sp³-hybridized carbons (Fsp3) is 0.889. The van der Waals surface area contributed by atoms with Crippen LogP contribution in [0.5, 0.6) is 0 Å². The summed E-state index contributed by atoms with van der Waals surface area (Å²) in [6.45, 7) is 1.62. The van der Waals surface area contributed by atoms with Crippen molar-refractivity contribution in [3.05, 3.63) is 0 Å². The van der Waals surface area contributed by atoms with Crippen LogP contribution in [0.25, 0.3) is 0 Å². The summed E-state index contributed by atoms with van der Waals surface area (Å²) in [5.74, 6) is 0.135. The maximum atomic E-state index is 11.0. The summed E-state index contributed by atoms with van der Waals surface area (Å²) >= 11 is 0. The molecule has 0 aromatic rings. The summed E-state index contributed by atoms with van der Waals surface area (Å²) in [6, 6.07) is 0. The molecule has 0 bridgehead atoms. The smallest absolute Gasteiger partial charge is 0.135 e. The topological polar surface area (TPSA) is 66.8 Å². The lowest BCUT2D eigenvalue weighted by Gasteiger charge is -2.10. The molecule has 1 rings (SSSR count). The van der Waals surface area contributed by atoms with Gasteiger partial charge in [-0.1, -0.05) is 6.92 Å². The van der Waals surface area contributed by atoms with Gasteiger partial charge < -0.3 is 14.9 Å². The highest BCUT2D eigenvalue weighted by atomic mass is 16.5. The van der Waals surface area contributed by atoms with Gasteiger partial charge in [-0.05, 0) is 0 Å². The third-order valence-corrected chi connectivity index (χ3v) is 2.33. The number of Topliss-reactive ketones (excluding diaryl/α,β-unsaturated/α-hetero) is 1. The SMILES string of the molecule is CCC(=O)C[C@H]1C[C@H](O)[C@@H](CO)O1. The van der Waals surface area contributed by atoms with Crippen molar-refractivity contribution >= 4 is 5.78 Å². The molecular weight excluding hydrogens is 172 g/mol. The van der Waals surface area contributed by atoms with Crippen molar-refractivity contribution in [1.29, 1.82) is 0 Å². The molecule has 1 heterocycles. The van der Waals surface area contributed by atoms with E-state index in [-0.39, 0.29) is 18.5 Å². The number of carbonyl (C=O) groups is 1. The summed E-state index contributed by atoms with van der Waals surface area (Å²) in [6.07, 6.45) is -0.0326. The van der Waals surface area contributed by atoms with E-state index in [1.54, 1.807) is 6.92 Å². The highest BCUT2D eigenvalue weighted by Gasteiger charge is 2.33. The largest absolute Gasteiger partial charge is 0.394 e. The van der Waals surface area contributed by atoms with E-state index in [1.165, 1.54) is 0 Å². The molecular formula is C9H16O4. The van der Waals surface area contributed by atoms with Gasteiger partial charge in [-0.25, -0.2) is 0 Å². The normalized spacial score (nSPS) is 33.6. The van der Waals surface area contributed by atoms with Gasteiger partial charge in [-0.2, -0.15) is 0 Å². The van der Waals surface area contributed by atoms with Crippen LogP contribution in [0.15, 0.2) is 0 Å². The van der Waals surface area contributed by atoms with Crippen LogP contribution in [-0.2, 0) is 9.53 Å². The van der Waals surface area contributed by atoms with Crippen LogP contribution in [0.4, 0.5) is 0 Å². The minimum absolute atomic E-state index is 0.135. The van der Waals surface area contributed by atoms with Gasteiger partial charge in [0.15, 0.2) is 0 Å². The van der Waals surface area contributed by atoms with E-state index in [1.807, 2.05) is 0 Å². The van der Waals surface area contributed by atoms with Gasteiger partial charge in [0.2, 0.25) is 0 Å². The summed E-state index contributed by atoms with van der Waals surface area (Å²) < 4.78 is 5.27. The molecule has 4 heteroatoms. The van der Waals surface area contributed by atoms with E-state index in [0.29, 0.717) is 19.3 Å². The number of ketones is 1. The third-order valence-electron chi connectivity index (χ3n) is 2.33. The van der Waals surface area contributed by atoms with Gasteiger partial charge in [0, 0.05) is 19.3 Å². The minimum Gasteiger partial charge on any atom is -0.394 e. The number of ether oxygens (including phenoxy) is 1. The standard InChI is InChI=1S/C9H16O4/c1-2-6(11)3-7-4-8(12)9(5-10)13-7/h7-10,12H,2-5H2,1H3/t7-,8-,9+/m0/s1. The first-order valence-electron chi connectivity index (χ1n) is 4.63. The van der Waals surface area contributed by atoms with Crippen molar-refractivity contribution < 1.29 is 19.7 Å². The molecule has 0 aromatic heterocycles. The van der Waals surface area contributed by atoms with E-state index >= 15 is 0 Å². The molecule has 0 aliphatic carbocycles. The Balaban J connectivity index is 2.35. The Labute approximate surface area is 77.5 Å². The second-order valence-corrected chi connectivity index (χ2v) is 3.38. The van der Waals surface area contributed by atoms with E-state index in [0.717, 1.165) is 0 Å². The number of carbonyl (C=O) groups excluding carboxylic acids is 1. The van der Waals surface area contributed by atoms with Gasteiger partial charge in [-0.3, -0.25) is 4.79 Å². The molecule has 1 aliphatic heterocycles. The Morgan fingerprint density at radius 1 is 1.62 bits per heavy atom. The van der Waals surface area contributed by atoms with Crippen molar-refractivity contribution in [2.45, 2.75) is 44.5 Å². The monoisotopic (exact) mass is 188 g/mol. The lowest BCUT2D eigenvalue weighted by atomic mass is 10.1. The average Bonchev–Trinajstić information content (AvgIpc) is 2.46. The lowest BCUT2D eigenvalue weighted by Crippen LogP contribution is -2.24. The predicted molar refractivity (Wildman–Crippen MR) is 46.3 cm³/mol. The van der Waals surface area contributed by atoms with Crippen molar-refractivity contribution in [2.24, 2.45) is 0 Å². The molecule has 4 nitrogen and oxygen atoms in total. The van der Waals surface area contributed by atoms with Gasteiger partial charge in [-0.15, -0.1) is 0 Å². The Kier molecular flexibility index (Phi) is 3.84. The molecule has 0 saturated carbocycles. The summed E-state index contributed by atoms with van der Waals surface area (Å²) in [4.78, 5) is 11.0. The van der Waals surface area contributed by atoms with Crippen LogP contribution >= 0.6 is 0 Å². The van der Waals surface area contributed by atoms with Gasteiger partial charge in [0.25, 0.3) is 0 Å². The lowest BCUT2D eigenvalue weighted by molar-refractivity contribution is -0.121. The van der Waals surface area contributed by atoms with Crippen molar-refractivity contribution in [2.75, 3.05) is 6.61 Å². The van der Waals surface area contributed by atoms with Gasteiger partial charge >= 0.3 is 0 Å². The molecule has 76 valence electrons. The second kappa shape index (κ2) is 4.69. The molecule has 0 radical (unpaired) electrons. The zero-order chi connectivity index (χ0) is 9.84. The van der Waals surface area contributed by atoms with Gasteiger partial charge in [0.1, 0.15) is 11.9 Å². The molecule has 1 saturated heterocycles. The Morgan fingerprint density at radius 3 is 2.77 bits per heavy atom. The van der Waals surface area contributed by atoms with Crippen LogP contribution in [0.3, 0.4) is 0 Å². The highest BCUT2D eigenvalue weighted by Crippen LogP contribution is 2.22. The number of hydrogen-bond donors (Lipinski definition) is 2. The summed E-state index contributed by atoms with van der Waals surface area (Å²) in [7, 11) is 0. The molecule has 0 spiro atoms. The molecule has 0 amide bonds. The summed E-state index contributed by atoms with van der Waals surface area (Å²) in [5.41, 5.74) is 0. The fourth-order valence-electron chi connectivity index (χ4n) is 1.51. The van der Waals surface area contributed by atoms with E-state index in [4.69, 9.17) is 9.84 Å². The van der Waals surface area contributed by atoms with Crippen molar-refractivity contribution in [3.8, 4) is 0 Å². The molecule has 1 fully saturated rings. The molecule has 2 N–H and O–H groups in total. The predicted octanol–water partition coefficient (Wildman–Crippen LogP) is -0.134. The maximum Gasteiger partial charge on any atom is 0.135 e. The van der Waals surface area contributed by atoms with Crippen LogP contribution in [0, 0.1) is 0 Å². The first-order chi connectivity index (χ1) is 6.17. The fourth-order valence-corrected chi connectivity index (χ4v) is 1.51. The van der Waals surface area contributed by atoms with E-state index < -0.39 is 12.2 Å². The second-order valence-electron chi connectivity index (χ2n) is 3.38. The first-order valence-corrected chi connectivity index (χ1v) is 4.63. The number of hydrogen-bond acceptors (Lipinski definition) is 4. The molecule has 1 aliphatic rings. The Morgan fingerprint density at radius 2 is 2.31 bits per heavy atom. The molecule has 13 heavy (non-hydrogen) atoms. The average molecular weight is 188 g/mol. The molecule has 3 atom stereocenters. The van der Waals surface area contributed by atoms with Crippen molar-refractivity contribution in [3.63, 3.8) is 0 Å². The van der Waals surface area contributed by atoms with Gasteiger partial charge in [0.05, 0.1) is 18.8 Å². The van der Waals surface area contributed by atoms with Crippen molar-refractivity contribution in [1.82, 2.24) is 0 Å². The number of aliphatic hydroxyl groups is 2. The third kappa shape index (κ3) is 2.76. The Bertz CT molecular complexity index is 180. The summed E-state index contributed by atoms with van der Waals surface area (Å²) in [5, 5.41) is 18.1. The molecule has 0 aromatic carbocycles. The van der Waals surface area contributed by atoms with E-state index in [9.17, 15) is 9.90 Å². The van der Waals surface area contributed by atoms with Crippen LogP contribution in [0.2, 0.25) is 0 Å². The zero-order valence-electron chi connectivity index (χ0n) is 7.77. The van der Waals surface area contributed by atoms with E-state index in [2.05, 4.69) is 0 Å². The van der Waals surface area contributed by atoms with Crippen LogP contribution in [-0.4, -0.2) is 40.9 Å².